The van der Waals surface area contributed by atoms with Crippen molar-refractivity contribution in [3.05, 3.63) is 35.9 Å². The lowest BCUT2D eigenvalue weighted by Crippen LogP contribution is -2.24. The van der Waals surface area contributed by atoms with E-state index in [9.17, 15) is 4.79 Å². The van der Waals surface area contributed by atoms with Crippen LogP contribution < -0.4 is 5.32 Å². The second-order valence-corrected chi connectivity index (χ2v) is 4.07. The summed E-state index contributed by atoms with van der Waals surface area (Å²) in [5.41, 5.74) is 1.15. The normalized spacial score (nSPS) is 20.7. The van der Waals surface area contributed by atoms with E-state index < -0.39 is 0 Å². The van der Waals surface area contributed by atoms with Gasteiger partial charge in [0.2, 0.25) is 5.91 Å². The number of amides is 1. The summed E-state index contributed by atoms with van der Waals surface area (Å²) in [4.78, 5) is 11.0. The van der Waals surface area contributed by atoms with Crippen LogP contribution in [0.2, 0.25) is 0 Å². The minimum absolute atomic E-state index is 0.0117. The van der Waals surface area contributed by atoms with Crippen LogP contribution in [0, 0.1) is 0 Å². The van der Waals surface area contributed by atoms with Crippen molar-refractivity contribution >= 4 is 5.91 Å². The fraction of sp³-hybridized carbons (Fsp3) is 0.462. The highest BCUT2D eigenvalue weighted by atomic mass is 16.5. The SMILES string of the molecule is O=C1COC(COCc2ccccc2)CCN1. The van der Waals surface area contributed by atoms with Crippen molar-refractivity contribution in [1.82, 2.24) is 5.32 Å². The standard InChI is InChI=1S/C13H17NO3/c15-13-10-17-12(6-7-14-13)9-16-8-11-4-2-1-3-5-11/h1-5,12H,6-10H2,(H,14,15). The molecule has 92 valence electrons. The van der Waals surface area contributed by atoms with Gasteiger partial charge in [-0.25, -0.2) is 0 Å². The predicted octanol–water partition coefficient (Wildman–Crippen LogP) is 1.11. The summed E-state index contributed by atoms with van der Waals surface area (Å²) in [5, 5.41) is 2.76. The Kier molecular flexibility index (Phi) is 4.53. The van der Waals surface area contributed by atoms with Crippen molar-refractivity contribution in [2.45, 2.75) is 19.1 Å². The summed E-state index contributed by atoms with van der Waals surface area (Å²) < 4.78 is 11.0. The number of carbonyl (C=O) groups excluding carboxylic acids is 1. The number of carbonyl (C=O) groups is 1. The van der Waals surface area contributed by atoms with Gasteiger partial charge in [0.05, 0.1) is 19.3 Å². The first-order valence-corrected chi connectivity index (χ1v) is 5.84. The molecular formula is C13H17NO3. The number of ether oxygens (including phenoxy) is 2. The third-order valence-electron chi connectivity index (χ3n) is 2.65. The van der Waals surface area contributed by atoms with Crippen LogP contribution >= 0.6 is 0 Å². The molecule has 1 atom stereocenters. The molecule has 4 heteroatoms. The molecular weight excluding hydrogens is 218 g/mol. The molecule has 1 fully saturated rings. The Hall–Kier alpha value is -1.39. The zero-order valence-corrected chi connectivity index (χ0v) is 9.72. The number of hydrogen-bond donors (Lipinski definition) is 1. The molecule has 1 aliphatic rings. The highest BCUT2D eigenvalue weighted by Gasteiger charge is 2.16. The summed E-state index contributed by atoms with van der Waals surface area (Å²) in [6, 6.07) is 10.0. The molecule has 17 heavy (non-hydrogen) atoms. The largest absolute Gasteiger partial charge is 0.374 e. The van der Waals surface area contributed by atoms with Gasteiger partial charge in [0.1, 0.15) is 6.61 Å². The monoisotopic (exact) mass is 235 g/mol. The molecule has 4 nitrogen and oxygen atoms in total. The van der Waals surface area contributed by atoms with Crippen molar-refractivity contribution in [2.24, 2.45) is 0 Å². The Labute approximate surface area is 101 Å². The molecule has 1 amide bonds. The van der Waals surface area contributed by atoms with Crippen LogP contribution in [0.3, 0.4) is 0 Å². The Balaban J connectivity index is 1.69. The number of rotatable bonds is 4. The summed E-state index contributed by atoms with van der Waals surface area (Å²) in [6.07, 6.45) is 0.818. The van der Waals surface area contributed by atoms with E-state index in [0.29, 0.717) is 19.8 Å². The molecule has 0 spiro atoms. The molecule has 1 N–H and O–H groups in total. The van der Waals surface area contributed by atoms with Gasteiger partial charge in [-0.1, -0.05) is 30.3 Å². The zero-order valence-electron chi connectivity index (χ0n) is 9.72. The molecule has 0 bridgehead atoms. The van der Waals surface area contributed by atoms with Gasteiger partial charge in [-0.05, 0) is 12.0 Å². The molecule has 0 radical (unpaired) electrons. The predicted molar refractivity (Wildman–Crippen MR) is 63.5 cm³/mol. The van der Waals surface area contributed by atoms with Crippen LogP contribution in [0.1, 0.15) is 12.0 Å². The van der Waals surface area contributed by atoms with E-state index in [4.69, 9.17) is 9.47 Å². The van der Waals surface area contributed by atoms with Crippen molar-refractivity contribution in [2.75, 3.05) is 19.8 Å². The first-order chi connectivity index (χ1) is 8.34. The zero-order chi connectivity index (χ0) is 11.9. The maximum absolute atomic E-state index is 11.0. The Morgan fingerprint density at radius 2 is 2.18 bits per heavy atom. The molecule has 1 saturated heterocycles. The number of hydrogen-bond acceptors (Lipinski definition) is 3. The second-order valence-electron chi connectivity index (χ2n) is 4.07. The molecule has 1 aliphatic heterocycles. The van der Waals surface area contributed by atoms with Crippen LogP contribution in [0.5, 0.6) is 0 Å². The Morgan fingerprint density at radius 1 is 1.35 bits per heavy atom. The Bertz CT molecular complexity index is 353. The maximum Gasteiger partial charge on any atom is 0.246 e. The van der Waals surface area contributed by atoms with E-state index in [1.807, 2.05) is 30.3 Å². The first kappa shape index (κ1) is 12.1. The maximum atomic E-state index is 11.0. The van der Waals surface area contributed by atoms with Gasteiger partial charge in [0.15, 0.2) is 0 Å². The average molecular weight is 235 g/mol. The van der Waals surface area contributed by atoms with Crippen LogP contribution in [-0.2, 0) is 20.9 Å². The van der Waals surface area contributed by atoms with Crippen molar-refractivity contribution in [3.8, 4) is 0 Å². The van der Waals surface area contributed by atoms with Gasteiger partial charge in [0, 0.05) is 6.54 Å². The van der Waals surface area contributed by atoms with Crippen LogP contribution in [0.15, 0.2) is 30.3 Å². The van der Waals surface area contributed by atoms with Gasteiger partial charge < -0.3 is 14.8 Å². The number of nitrogens with one attached hydrogen (secondary N) is 1. The fourth-order valence-electron chi connectivity index (χ4n) is 1.71. The third kappa shape index (κ3) is 4.17. The van der Waals surface area contributed by atoms with Crippen molar-refractivity contribution in [3.63, 3.8) is 0 Å². The van der Waals surface area contributed by atoms with E-state index >= 15 is 0 Å². The molecule has 1 unspecified atom stereocenters. The molecule has 0 saturated carbocycles. The smallest absolute Gasteiger partial charge is 0.246 e. The van der Waals surface area contributed by atoms with Gasteiger partial charge in [-0.15, -0.1) is 0 Å². The van der Waals surface area contributed by atoms with E-state index in [1.165, 1.54) is 0 Å². The van der Waals surface area contributed by atoms with E-state index in [1.54, 1.807) is 0 Å². The lowest BCUT2D eigenvalue weighted by Gasteiger charge is -2.14. The van der Waals surface area contributed by atoms with E-state index in [-0.39, 0.29) is 18.6 Å². The second kappa shape index (κ2) is 6.37. The van der Waals surface area contributed by atoms with Gasteiger partial charge in [0.25, 0.3) is 0 Å². The molecule has 2 rings (SSSR count). The summed E-state index contributed by atoms with van der Waals surface area (Å²) in [6.45, 7) is 1.92. The lowest BCUT2D eigenvalue weighted by atomic mass is 10.2. The minimum atomic E-state index is -0.0458. The van der Waals surface area contributed by atoms with Crippen LogP contribution in [0.4, 0.5) is 0 Å². The van der Waals surface area contributed by atoms with Crippen LogP contribution in [-0.4, -0.2) is 31.8 Å². The molecule has 0 aromatic heterocycles. The number of benzene rings is 1. The van der Waals surface area contributed by atoms with Crippen LogP contribution in [0.25, 0.3) is 0 Å². The third-order valence-corrected chi connectivity index (χ3v) is 2.65. The first-order valence-electron chi connectivity index (χ1n) is 5.84. The summed E-state index contributed by atoms with van der Waals surface area (Å²) >= 11 is 0. The molecule has 1 aromatic carbocycles. The minimum Gasteiger partial charge on any atom is -0.374 e. The molecule has 0 aliphatic carbocycles. The fourth-order valence-corrected chi connectivity index (χ4v) is 1.71. The van der Waals surface area contributed by atoms with E-state index in [0.717, 1.165) is 12.0 Å². The molecule has 1 aromatic rings. The van der Waals surface area contributed by atoms with Crippen molar-refractivity contribution in [1.29, 1.82) is 0 Å². The highest BCUT2D eigenvalue weighted by molar-refractivity contribution is 5.77. The quantitative estimate of drug-likeness (QED) is 0.850. The van der Waals surface area contributed by atoms with Gasteiger partial charge in [-0.2, -0.15) is 0 Å². The van der Waals surface area contributed by atoms with E-state index in [2.05, 4.69) is 5.32 Å². The summed E-state index contributed by atoms with van der Waals surface area (Å²) in [5.74, 6) is -0.0458. The van der Waals surface area contributed by atoms with Gasteiger partial charge >= 0.3 is 0 Å². The van der Waals surface area contributed by atoms with Gasteiger partial charge in [-0.3, -0.25) is 4.79 Å². The Morgan fingerprint density at radius 3 is 3.00 bits per heavy atom. The van der Waals surface area contributed by atoms with Crippen molar-refractivity contribution < 1.29 is 14.3 Å². The lowest BCUT2D eigenvalue weighted by molar-refractivity contribution is -0.126. The summed E-state index contributed by atoms with van der Waals surface area (Å²) in [7, 11) is 0. The average Bonchev–Trinajstić information content (AvgIpc) is 2.56. The molecule has 1 heterocycles. The highest BCUT2D eigenvalue weighted by Crippen LogP contribution is 2.05. The topological polar surface area (TPSA) is 47.6 Å².